The average molecular weight is 239 g/mol. The Morgan fingerprint density at radius 1 is 1.60 bits per heavy atom. The lowest BCUT2D eigenvalue weighted by atomic mass is 10.2. The number of alkyl halides is 2. The molecule has 1 N–H and O–H groups in total. The first-order valence-electron chi connectivity index (χ1n) is 4.43. The predicted molar refractivity (Wildman–Crippen MR) is 50.8 cm³/mol. The molecule has 0 aromatic heterocycles. The van der Waals surface area contributed by atoms with Crippen molar-refractivity contribution in [2.45, 2.75) is 31.2 Å². The summed E-state index contributed by atoms with van der Waals surface area (Å²) >= 11 is 1.22. The van der Waals surface area contributed by atoms with E-state index in [1.807, 2.05) is 0 Å². The summed E-state index contributed by atoms with van der Waals surface area (Å²) in [5.74, 6) is -2.45. The second-order valence-corrected chi connectivity index (χ2v) is 4.31. The van der Waals surface area contributed by atoms with Crippen molar-refractivity contribution in [2.24, 2.45) is 0 Å². The fourth-order valence-electron chi connectivity index (χ4n) is 1.48. The molecule has 0 aliphatic carbocycles. The van der Waals surface area contributed by atoms with Crippen LogP contribution in [-0.2, 0) is 9.59 Å². The Kier molecular flexibility index (Phi) is 3.90. The molecule has 2 atom stereocenters. The molecule has 0 aromatic rings. The Morgan fingerprint density at radius 2 is 2.20 bits per heavy atom. The topological polar surface area (TPSA) is 57.6 Å². The van der Waals surface area contributed by atoms with Crippen molar-refractivity contribution >= 4 is 23.6 Å². The van der Waals surface area contributed by atoms with Gasteiger partial charge >= 0.3 is 12.4 Å². The minimum atomic E-state index is -3.14. The van der Waals surface area contributed by atoms with Crippen LogP contribution in [0.1, 0.15) is 13.3 Å². The van der Waals surface area contributed by atoms with Crippen LogP contribution in [0.4, 0.5) is 8.78 Å². The van der Waals surface area contributed by atoms with Gasteiger partial charge in [0.05, 0.1) is 5.37 Å². The highest BCUT2D eigenvalue weighted by atomic mass is 32.2. The molecule has 1 fully saturated rings. The van der Waals surface area contributed by atoms with E-state index in [1.54, 1.807) is 6.92 Å². The Hall–Kier alpha value is -0.850. The van der Waals surface area contributed by atoms with Crippen LogP contribution in [0.5, 0.6) is 0 Å². The molecule has 86 valence electrons. The molecule has 1 saturated heterocycles. The van der Waals surface area contributed by atoms with Crippen molar-refractivity contribution < 1.29 is 23.5 Å². The lowest BCUT2D eigenvalue weighted by molar-refractivity contribution is -0.154. The van der Waals surface area contributed by atoms with Crippen molar-refractivity contribution in [3.8, 4) is 0 Å². The van der Waals surface area contributed by atoms with Crippen LogP contribution in [0.3, 0.4) is 0 Å². The van der Waals surface area contributed by atoms with E-state index in [2.05, 4.69) is 0 Å². The van der Waals surface area contributed by atoms with Crippen LogP contribution in [0.25, 0.3) is 0 Å². The number of amides is 1. The number of hydrogen-bond acceptors (Lipinski definition) is 3. The van der Waals surface area contributed by atoms with E-state index in [4.69, 9.17) is 5.11 Å². The van der Waals surface area contributed by atoms with Gasteiger partial charge in [-0.1, -0.05) is 6.92 Å². The van der Waals surface area contributed by atoms with E-state index in [9.17, 15) is 18.4 Å². The van der Waals surface area contributed by atoms with Gasteiger partial charge in [-0.3, -0.25) is 4.79 Å². The third kappa shape index (κ3) is 2.39. The number of halogens is 2. The van der Waals surface area contributed by atoms with Gasteiger partial charge < -0.3 is 10.0 Å². The predicted octanol–water partition coefficient (Wildman–Crippen LogP) is 1.02. The van der Waals surface area contributed by atoms with Crippen LogP contribution in [0, 0.1) is 0 Å². The number of carboxylic acids is 1. The van der Waals surface area contributed by atoms with Gasteiger partial charge in [0.25, 0.3) is 5.91 Å². The molecule has 1 aliphatic rings. The number of carbonyl (C=O) groups is 2. The molecule has 1 aliphatic heterocycles. The van der Waals surface area contributed by atoms with Crippen molar-refractivity contribution in [1.29, 1.82) is 0 Å². The molecule has 0 saturated carbocycles. The summed E-state index contributed by atoms with van der Waals surface area (Å²) in [5, 5.41) is 8.32. The first-order valence-corrected chi connectivity index (χ1v) is 5.48. The van der Waals surface area contributed by atoms with Crippen LogP contribution in [0.2, 0.25) is 0 Å². The third-order valence-electron chi connectivity index (χ3n) is 2.17. The van der Waals surface area contributed by atoms with Gasteiger partial charge in [0.2, 0.25) is 0 Å². The van der Waals surface area contributed by atoms with Gasteiger partial charge in [0, 0.05) is 5.75 Å². The Balaban J connectivity index is 2.86. The van der Waals surface area contributed by atoms with Crippen molar-refractivity contribution in [2.75, 3.05) is 5.75 Å². The van der Waals surface area contributed by atoms with Gasteiger partial charge in [0.15, 0.2) is 0 Å². The smallest absolute Gasteiger partial charge is 0.327 e. The molecule has 0 spiro atoms. The standard InChI is InChI=1S/C8H11F2NO3S/c1-2-5-11(7(12)6(9)10)4(3-15-5)8(13)14/h4-6H,2-3H2,1H3,(H,13,14). The van der Waals surface area contributed by atoms with Crippen LogP contribution < -0.4 is 0 Å². The van der Waals surface area contributed by atoms with E-state index in [0.717, 1.165) is 4.90 Å². The summed E-state index contributed by atoms with van der Waals surface area (Å²) in [6.45, 7) is 1.73. The van der Waals surface area contributed by atoms with Crippen molar-refractivity contribution in [3.63, 3.8) is 0 Å². The minimum Gasteiger partial charge on any atom is -0.480 e. The molecule has 4 nitrogen and oxygen atoms in total. The van der Waals surface area contributed by atoms with Crippen LogP contribution in [0.15, 0.2) is 0 Å². The van der Waals surface area contributed by atoms with E-state index in [-0.39, 0.29) is 5.75 Å². The number of nitrogens with zero attached hydrogens (tertiary/aromatic N) is 1. The molecule has 7 heteroatoms. The van der Waals surface area contributed by atoms with Gasteiger partial charge in [0.1, 0.15) is 6.04 Å². The van der Waals surface area contributed by atoms with E-state index in [1.165, 1.54) is 11.8 Å². The highest BCUT2D eigenvalue weighted by Gasteiger charge is 2.43. The fraction of sp³-hybridized carbons (Fsp3) is 0.750. The van der Waals surface area contributed by atoms with Crippen LogP contribution in [-0.4, -0.2) is 45.5 Å². The summed E-state index contributed by atoms with van der Waals surface area (Å²) in [4.78, 5) is 22.7. The highest BCUT2D eigenvalue weighted by Crippen LogP contribution is 2.32. The van der Waals surface area contributed by atoms with E-state index < -0.39 is 29.7 Å². The molecule has 1 amide bonds. The Labute approximate surface area is 89.6 Å². The maximum absolute atomic E-state index is 12.2. The molecule has 0 radical (unpaired) electrons. The molecule has 0 bridgehead atoms. The van der Waals surface area contributed by atoms with Gasteiger partial charge in [-0.2, -0.15) is 8.78 Å². The second-order valence-electron chi connectivity index (χ2n) is 3.10. The average Bonchev–Trinajstić information content (AvgIpc) is 2.59. The summed E-state index contributed by atoms with van der Waals surface area (Å²) in [6, 6.07) is -1.12. The summed E-state index contributed by atoms with van der Waals surface area (Å²) in [5.41, 5.74) is 0. The van der Waals surface area contributed by atoms with Gasteiger partial charge in [-0.05, 0) is 6.42 Å². The molecule has 1 rings (SSSR count). The quantitative estimate of drug-likeness (QED) is 0.798. The Bertz CT molecular complexity index is 275. The SMILES string of the molecule is CCC1SCC(C(=O)O)N1C(=O)C(F)F. The van der Waals surface area contributed by atoms with Crippen molar-refractivity contribution in [3.05, 3.63) is 0 Å². The minimum absolute atomic E-state index is 0.173. The summed E-state index contributed by atoms with van der Waals surface area (Å²) in [6.07, 6.45) is -2.67. The normalized spacial score (nSPS) is 26.0. The van der Waals surface area contributed by atoms with Gasteiger partial charge in [-0.15, -0.1) is 11.8 Å². The number of carboxylic acid groups (broad SMARTS) is 1. The summed E-state index contributed by atoms with van der Waals surface area (Å²) in [7, 11) is 0. The number of thioether (sulfide) groups is 1. The zero-order chi connectivity index (χ0) is 11.6. The van der Waals surface area contributed by atoms with E-state index >= 15 is 0 Å². The molecular weight excluding hydrogens is 228 g/mol. The molecular formula is C8H11F2NO3S. The molecule has 1 heterocycles. The first kappa shape index (κ1) is 12.2. The van der Waals surface area contributed by atoms with E-state index in [0.29, 0.717) is 6.42 Å². The first-order chi connectivity index (χ1) is 6.99. The number of carbonyl (C=O) groups excluding carboxylic acids is 1. The third-order valence-corrected chi connectivity index (χ3v) is 3.62. The molecule has 0 aromatic carbocycles. The second kappa shape index (κ2) is 4.78. The number of hydrogen-bond donors (Lipinski definition) is 1. The lowest BCUT2D eigenvalue weighted by Crippen LogP contribution is -2.47. The maximum atomic E-state index is 12.2. The largest absolute Gasteiger partial charge is 0.480 e. The summed E-state index contributed by atoms with van der Waals surface area (Å²) < 4.78 is 24.5. The Morgan fingerprint density at radius 3 is 2.60 bits per heavy atom. The zero-order valence-electron chi connectivity index (χ0n) is 8.02. The number of aliphatic carboxylic acids is 1. The molecule has 15 heavy (non-hydrogen) atoms. The lowest BCUT2D eigenvalue weighted by Gasteiger charge is -2.25. The van der Waals surface area contributed by atoms with Crippen molar-refractivity contribution in [1.82, 2.24) is 4.90 Å². The van der Waals surface area contributed by atoms with Crippen LogP contribution >= 0.6 is 11.8 Å². The maximum Gasteiger partial charge on any atom is 0.327 e. The zero-order valence-corrected chi connectivity index (χ0v) is 8.84. The molecule has 2 unspecified atom stereocenters. The van der Waals surface area contributed by atoms with Gasteiger partial charge in [-0.25, -0.2) is 4.79 Å². The highest BCUT2D eigenvalue weighted by molar-refractivity contribution is 8.00. The monoisotopic (exact) mass is 239 g/mol. The number of rotatable bonds is 3. The fourth-order valence-corrected chi connectivity index (χ4v) is 2.83.